The zero-order chi connectivity index (χ0) is 13.0. The molecule has 0 spiro atoms. The van der Waals surface area contributed by atoms with Gasteiger partial charge in [0.1, 0.15) is 0 Å². The Morgan fingerprint density at radius 2 is 1.69 bits per heavy atom. The molecule has 0 bridgehead atoms. The molecule has 2 N–H and O–H groups in total. The number of hydrogen-bond donors (Lipinski definition) is 2. The first kappa shape index (κ1) is 16.1. The van der Waals surface area contributed by atoms with Crippen LogP contribution in [0.15, 0.2) is 0 Å². The second-order valence-electron chi connectivity index (χ2n) is 6.05. The lowest BCUT2D eigenvalue weighted by atomic mass is 10.1. The molecule has 0 aliphatic carbocycles. The number of rotatable bonds is 5. The minimum absolute atomic E-state index is 0.0763. The molecule has 5 heteroatoms. The Morgan fingerprint density at radius 1 is 1.19 bits per heavy atom. The molecular weight excluding hydrogens is 225 g/mol. The Hall–Kier alpha value is 0.110. The van der Waals surface area contributed by atoms with Crippen LogP contribution in [-0.2, 0) is 9.09 Å². The van der Waals surface area contributed by atoms with Crippen LogP contribution in [0.4, 0.5) is 0 Å². The van der Waals surface area contributed by atoms with Gasteiger partial charge >= 0.3 is 7.60 Å². The van der Waals surface area contributed by atoms with E-state index in [1.54, 1.807) is 20.8 Å². The smallest absolute Gasteiger partial charge is 0.324 e. The van der Waals surface area contributed by atoms with E-state index in [4.69, 9.17) is 4.52 Å². The maximum Gasteiger partial charge on any atom is 0.333 e. The van der Waals surface area contributed by atoms with Crippen molar-refractivity contribution in [3.05, 3.63) is 0 Å². The average molecular weight is 251 g/mol. The van der Waals surface area contributed by atoms with E-state index >= 15 is 0 Å². The highest BCUT2D eigenvalue weighted by Crippen LogP contribution is 2.54. The largest absolute Gasteiger partial charge is 0.333 e. The van der Waals surface area contributed by atoms with Gasteiger partial charge in [-0.05, 0) is 54.5 Å². The van der Waals surface area contributed by atoms with E-state index in [0.717, 1.165) is 13.0 Å². The summed E-state index contributed by atoms with van der Waals surface area (Å²) in [6.45, 7) is 12.5. The van der Waals surface area contributed by atoms with Crippen molar-refractivity contribution in [2.45, 2.75) is 58.7 Å². The molecule has 1 atom stereocenters. The van der Waals surface area contributed by atoms with Gasteiger partial charge in [0.05, 0.1) is 11.8 Å². The molecule has 0 saturated heterocycles. The van der Waals surface area contributed by atoms with Crippen LogP contribution >= 0.6 is 7.60 Å². The van der Waals surface area contributed by atoms with Gasteiger partial charge in [0.2, 0.25) is 0 Å². The Balaban J connectivity index is 3.80. The van der Waals surface area contributed by atoms with Crippen molar-refractivity contribution < 1.29 is 14.0 Å². The molecule has 0 aliphatic rings. The molecule has 0 aromatic heterocycles. The van der Waals surface area contributed by atoms with Crippen molar-refractivity contribution in [3.8, 4) is 0 Å². The predicted octanol–water partition coefficient (Wildman–Crippen LogP) is 2.77. The summed E-state index contributed by atoms with van der Waals surface area (Å²) >= 11 is 0. The van der Waals surface area contributed by atoms with E-state index in [0.29, 0.717) is 6.61 Å². The third kappa shape index (κ3) is 6.64. The van der Waals surface area contributed by atoms with Gasteiger partial charge in [-0.15, -0.1) is 0 Å². The van der Waals surface area contributed by atoms with Crippen molar-refractivity contribution in [2.24, 2.45) is 0 Å². The first-order valence-corrected chi connectivity index (χ1v) is 7.26. The summed E-state index contributed by atoms with van der Waals surface area (Å²) in [6.07, 6.45) is 0.734. The van der Waals surface area contributed by atoms with Crippen LogP contribution in [0.25, 0.3) is 0 Å². The summed E-state index contributed by atoms with van der Waals surface area (Å²) in [5, 5.41) is 2.59. The first-order chi connectivity index (χ1) is 6.96. The fraction of sp³-hybridized carbons (Fsp3) is 1.00. The third-order valence-corrected chi connectivity index (χ3v) is 4.32. The lowest BCUT2D eigenvalue weighted by molar-refractivity contribution is 0.235. The summed E-state index contributed by atoms with van der Waals surface area (Å²) in [4.78, 5) is 9.62. The molecule has 0 heterocycles. The molecule has 98 valence electrons. The highest BCUT2D eigenvalue weighted by atomic mass is 31.2. The summed E-state index contributed by atoms with van der Waals surface area (Å²) in [7, 11) is -3.49. The third-order valence-electron chi connectivity index (χ3n) is 2.09. The van der Waals surface area contributed by atoms with Crippen molar-refractivity contribution >= 4 is 7.60 Å². The van der Waals surface area contributed by atoms with Crippen molar-refractivity contribution in [3.63, 3.8) is 0 Å². The Kier molecular flexibility index (Phi) is 5.67. The monoisotopic (exact) mass is 251 g/mol. The molecule has 0 aromatic rings. The van der Waals surface area contributed by atoms with Gasteiger partial charge in [0.15, 0.2) is 0 Å². The molecule has 0 aliphatic heterocycles. The molecule has 0 saturated carbocycles. The minimum Gasteiger partial charge on any atom is -0.324 e. The van der Waals surface area contributed by atoms with Crippen molar-refractivity contribution in [1.29, 1.82) is 0 Å². The van der Waals surface area contributed by atoms with Crippen molar-refractivity contribution in [2.75, 3.05) is 13.2 Å². The first-order valence-electron chi connectivity index (χ1n) is 5.68. The van der Waals surface area contributed by atoms with E-state index in [1.807, 2.05) is 0 Å². The summed E-state index contributed by atoms with van der Waals surface area (Å²) in [5.74, 6) is 0. The van der Waals surface area contributed by atoms with Crippen LogP contribution in [0.3, 0.4) is 0 Å². The highest BCUT2D eigenvalue weighted by Gasteiger charge is 2.35. The Bertz CT molecular complexity index is 253. The van der Waals surface area contributed by atoms with E-state index in [2.05, 4.69) is 26.1 Å². The van der Waals surface area contributed by atoms with Crippen LogP contribution in [0.1, 0.15) is 48.0 Å². The molecule has 16 heavy (non-hydrogen) atoms. The maximum atomic E-state index is 11.7. The SMILES string of the molecule is CC(C)(C)NCCCOP(=O)(O)C(C)(C)C. The van der Waals surface area contributed by atoms with Gasteiger partial charge in [-0.1, -0.05) is 0 Å². The van der Waals surface area contributed by atoms with Crippen LogP contribution in [0.2, 0.25) is 0 Å². The average Bonchev–Trinajstić information content (AvgIpc) is 1.98. The van der Waals surface area contributed by atoms with Crippen LogP contribution in [0.5, 0.6) is 0 Å². The maximum absolute atomic E-state index is 11.7. The molecular formula is C11H26NO3P. The lowest BCUT2D eigenvalue weighted by Gasteiger charge is -2.25. The van der Waals surface area contributed by atoms with Crippen LogP contribution < -0.4 is 5.32 Å². The Morgan fingerprint density at radius 3 is 2.06 bits per heavy atom. The van der Waals surface area contributed by atoms with Gasteiger partial charge in [0.25, 0.3) is 0 Å². The molecule has 0 rings (SSSR count). The quantitative estimate of drug-likeness (QED) is 0.582. The second-order valence-corrected chi connectivity index (χ2v) is 8.70. The van der Waals surface area contributed by atoms with E-state index in [1.165, 1.54) is 0 Å². The standard InChI is InChI=1S/C11H26NO3P/c1-10(2,3)12-8-7-9-15-16(13,14)11(4,5)6/h12H,7-9H2,1-6H3,(H,13,14). The molecule has 4 nitrogen and oxygen atoms in total. The predicted molar refractivity (Wildman–Crippen MR) is 67.9 cm³/mol. The van der Waals surface area contributed by atoms with Gasteiger partial charge in [-0.3, -0.25) is 4.57 Å². The summed E-state index contributed by atoms with van der Waals surface area (Å²) in [6, 6.07) is 0. The van der Waals surface area contributed by atoms with Crippen molar-refractivity contribution in [1.82, 2.24) is 5.32 Å². The minimum atomic E-state index is -3.49. The fourth-order valence-electron chi connectivity index (χ4n) is 0.917. The highest BCUT2D eigenvalue weighted by molar-refractivity contribution is 7.54. The van der Waals surface area contributed by atoms with Gasteiger partial charge in [-0.2, -0.15) is 0 Å². The number of nitrogens with one attached hydrogen (secondary N) is 1. The van der Waals surface area contributed by atoms with Crippen LogP contribution in [-0.4, -0.2) is 28.7 Å². The van der Waals surface area contributed by atoms with Gasteiger partial charge < -0.3 is 14.7 Å². The van der Waals surface area contributed by atoms with Gasteiger partial charge in [-0.25, -0.2) is 0 Å². The Labute approximate surface area is 99.3 Å². The number of hydrogen-bond acceptors (Lipinski definition) is 3. The molecule has 0 fully saturated rings. The zero-order valence-electron chi connectivity index (χ0n) is 11.3. The second kappa shape index (κ2) is 5.63. The van der Waals surface area contributed by atoms with E-state index in [-0.39, 0.29) is 5.54 Å². The van der Waals surface area contributed by atoms with E-state index < -0.39 is 12.8 Å². The van der Waals surface area contributed by atoms with Crippen LogP contribution in [0, 0.1) is 0 Å². The normalized spacial score (nSPS) is 17.2. The topological polar surface area (TPSA) is 58.6 Å². The summed E-state index contributed by atoms with van der Waals surface area (Å²) < 4.78 is 16.8. The van der Waals surface area contributed by atoms with Gasteiger partial charge in [0, 0.05) is 5.54 Å². The molecule has 1 unspecified atom stereocenters. The molecule has 0 amide bonds. The fourth-order valence-corrected chi connectivity index (χ4v) is 1.68. The molecule has 0 radical (unpaired) electrons. The molecule has 0 aromatic carbocycles. The zero-order valence-corrected chi connectivity index (χ0v) is 12.2. The van der Waals surface area contributed by atoms with E-state index in [9.17, 15) is 9.46 Å². The lowest BCUT2D eigenvalue weighted by Crippen LogP contribution is -2.36. The summed E-state index contributed by atoms with van der Waals surface area (Å²) in [5.41, 5.74) is 0.0763.